The molecule has 2 aromatic heterocycles. The summed E-state index contributed by atoms with van der Waals surface area (Å²) in [6.45, 7) is 5.10. The molecule has 1 atom stereocenters. The van der Waals surface area contributed by atoms with Gasteiger partial charge < -0.3 is 5.32 Å². The highest BCUT2D eigenvalue weighted by atomic mass is 14.9. The topological polar surface area (TPSA) is 37.8 Å². The molecule has 3 rings (SSSR count). The normalized spacial score (nSPS) is 12.5. The fourth-order valence-electron chi connectivity index (χ4n) is 2.68. The van der Waals surface area contributed by atoms with Crippen molar-refractivity contribution in [2.75, 3.05) is 6.54 Å². The molecule has 0 radical (unpaired) electrons. The van der Waals surface area contributed by atoms with E-state index in [0.29, 0.717) is 0 Å². The maximum absolute atomic E-state index is 4.56. The minimum Gasteiger partial charge on any atom is -0.305 e. The van der Waals surface area contributed by atoms with E-state index in [2.05, 4.69) is 53.4 Å². The van der Waals surface area contributed by atoms with Gasteiger partial charge in [0.1, 0.15) is 0 Å². The van der Waals surface area contributed by atoms with E-state index in [1.807, 2.05) is 30.7 Å². The van der Waals surface area contributed by atoms with Crippen molar-refractivity contribution in [2.24, 2.45) is 0 Å². The summed E-state index contributed by atoms with van der Waals surface area (Å²) in [4.78, 5) is 8.84. The minimum absolute atomic E-state index is 0.0859. The van der Waals surface area contributed by atoms with E-state index in [4.69, 9.17) is 0 Å². The van der Waals surface area contributed by atoms with Gasteiger partial charge in [0.05, 0.1) is 11.7 Å². The number of benzene rings is 1. The van der Waals surface area contributed by atoms with Gasteiger partial charge in [-0.25, -0.2) is 0 Å². The molecule has 1 N–H and O–H groups in total. The first-order valence-electron chi connectivity index (χ1n) is 7.28. The van der Waals surface area contributed by atoms with Crippen molar-refractivity contribution in [1.82, 2.24) is 15.3 Å². The van der Waals surface area contributed by atoms with Crippen molar-refractivity contribution in [3.63, 3.8) is 0 Å². The first kappa shape index (κ1) is 13.7. The van der Waals surface area contributed by atoms with E-state index in [1.165, 1.54) is 21.9 Å². The zero-order valence-electron chi connectivity index (χ0n) is 12.4. The van der Waals surface area contributed by atoms with Gasteiger partial charge in [-0.15, -0.1) is 0 Å². The second kappa shape index (κ2) is 6.02. The molecule has 0 aliphatic rings. The first-order chi connectivity index (χ1) is 10.3. The van der Waals surface area contributed by atoms with Gasteiger partial charge in [0.2, 0.25) is 0 Å². The van der Waals surface area contributed by atoms with Crippen molar-refractivity contribution in [2.45, 2.75) is 19.9 Å². The summed E-state index contributed by atoms with van der Waals surface area (Å²) in [6, 6.07) is 12.7. The van der Waals surface area contributed by atoms with Crippen LogP contribution >= 0.6 is 0 Å². The van der Waals surface area contributed by atoms with Crippen LogP contribution in [-0.4, -0.2) is 16.5 Å². The van der Waals surface area contributed by atoms with Gasteiger partial charge in [0.15, 0.2) is 0 Å². The summed E-state index contributed by atoms with van der Waals surface area (Å²) in [7, 11) is 0. The lowest BCUT2D eigenvalue weighted by molar-refractivity contribution is 0.618. The zero-order valence-corrected chi connectivity index (χ0v) is 12.4. The largest absolute Gasteiger partial charge is 0.305 e. The number of fused-ring (bicyclic) bond motifs is 1. The van der Waals surface area contributed by atoms with E-state index in [-0.39, 0.29) is 6.04 Å². The second-order valence-corrected chi connectivity index (χ2v) is 5.19. The molecule has 1 aromatic carbocycles. The fraction of sp³-hybridized carbons (Fsp3) is 0.222. The van der Waals surface area contributed by atoms with Crippen molar-refractivity contribution >= 4 is 10.8 Å². The Hall–Kier alpha value is -2.26. The van der Waals surface area contributed by atoms with Crippen LogP contribution in [0, 0.1) is 6.92 Å². The monoisotopic (exact) mass is 277 g/mol. The van der Waals surface area contributed by atoms with Gasteiger partial charge in [-0.3, -0.25) is 9.97 Å². The van der Waals surface area contributed by atoms with Gasteiger partial charge in [-0.1, -0.05) is 25.1 Å². The van der Waals surface area contributed by atoms with E-state index >= 15 is 0 Å². The highest BCUT2D eigenvalue weighted by Gasteiger charge is 2.17. The molecule has 0 aliphatic heterocycles. The van der Waals surface area contributed by atoms with Crippen LogP contribution in [0.15, 0.2) is 55.0 Å². The molecule has 3 aromatic rings. The minimum atomic E-state index is 0.0859. The molecule has 0 bridgehead atoms. The van der Waals surface area contributed by atoms with Crippen molar-refractivity contribution in [3.05, 3.63) is 71.8 Å². The third-order valence-corrected chi connectivity index (χ3v) is 3.67. The van der Waals surface area contributed by atoms with Crippen LogP contribution < -0.4 is 5.32 Å². The van der Waals surface area contributed by atoms with Crippen molar-refractivity contribution in [3.8, 4) is 0 Å². The Morgan fingerprint density at radius 3 is 2.86 bits per heavy atom. The van der Waals surface area contributed by atoms with E-state index in [1.54, 1.807) is 0 Å². The SMILES string of the molecule is CCNC(c1cc(C)ccn1)c1cccc2ccncc12. The number of rotatable bonds is 4. The molecule has 2 heterocycles. The van der Waals surface area contributed by atoms with Gasteiger partial charge in [-0.2, -0.15) is 0 Å². The average molecular weight is 277 g/mol. The zero-order chi connectivity index (χ0) is 14.7. The fourth-order valence-corrected chi connectivity index (χ4v) is 2.68. The number of aromatic nitrogens is 2. The highest BCUT2D eigenvalue weighted by molar-refractivity contribution is 5.85. The molecule has 0 fully saturated rings. The number of nitrogens with zero attached hydrogens (tertiary/aromatic N) is 2. The number of pyridine rings is 2. The third kappa shape index (κ3) is 2.78. The Labute approximate surface area is 125 Å². The third-order valence-electron chi connectivity index (χ3n) is 3.67. The molecule has 0 saturated heterocycles. The number of hydrogen-bond donors (Lipinski definition) is 1. The molecule has 0 amide bonds. The first-order valence-corrected chi connectivity index (χ1v) is 7.28. The number of hydrogen-bond acceptors (Lipinski definition) is 3. The van der Waals surface area contributed by atoms with Crippen LogP contribution in [0.3, 0.4) is 0 Å². The lowest BCUT2D eigenvalue weighted by Crippen LogP contribution is -2.23. The predicted molar refractivity (Wildman–Crippen MR) is 86.2 cm³/mol. The quantitative estimate of drug-likeness (QED) is 0.791. The van der Waals surface area contributed by atoms with Gasteiger partial charge in [0.25, 0.3) is 0 Å². The Morgan fingerprint density at radius 2 is 2.05 bits per heavy atom. The average Bonchev–Trinajstić information content (AvgIpc) is 2.52. The summed E-state index contributed by atoms with van der Waals surface area (Å²) in [6.07, 6.45) is 5.64. The van der Waals surface area contributed by atoms with Crippen LogP contribution in [0.2, 0.25) is 0 Å². The van der Waals surface area contributed by atoms with Gasteiger partial charge in [0, 0.05) is 24.0 Å². The smallest absolute Gasteiger partial charge is 0.0758 e. The van der Waals surface area contributed by atoms with Crippen molar-refractivity contribution in [1.29, 1.82) is 0 Å². The van der Waals surface area contributed by atoms with Crippen LogP contribution in [-0.2, 0) is 0 Å². The molecule has 0 aliphatic carbocycles. The second-order valence-electron chi connectivity index (χ2n) is 5.19. The highest BCUT2D eigenvalue weighted by Crippen LogP contribution is 2.27. The summed E-state index contributed by atoms with van der Waals surface area (Å²) >= 11 is 0. The maximum atomic E-state index is 4.56. The summed E-state index contributed by atoms with van der Waals surface area (Å²) in [5.41, 5.74) is 3.50. The van der Waals surface area contributed by atoms with Gasteiger partial charge >= 0.3 is 0 Å². The maximum Gasteiger partial charge on any atom is 0.0758 e. The van der Waals surface area contributed by atoms with Crippen LogP contribution in [0.25, 0.3) is 10.8 Å². The standard InChI is InChI=1S/C18H19N3/c1-3-20-18(17-11-13(2)7-10-21-17)15-6-4-5-14-8-9-19-12-16(14)15/h4-12,18,20H,3H2,1-2H3. The van der Waals surface area contributed by atoms with Crippen molar-refractivity contribution < 1.29 is 0 Å². The molecular weight excluding hydrogens is 258 g/mol. The van der Waals surface area contributed by atoms with E-state index in [0.717, 1.165) is 12.2 Å². The summed E-state index contributed by atoms with van der Waals surface area (Å²) in [5, 5.41) is 5.93. The lowest BCUT2D eigenvalue weighted by atomic mass is 9.97. The van der Waals surface area contributed by atoms with Crippen LogP contribution in [0.1, 0.15) is 29.8 Å². The molecule has 106 valence electrons. The predicted octanol–water partition coefficient (Wildman–Crippen LogP) is 3.64. The molecule has 3 nitrogen and oxygen atoms in total. The van der Waals surface area contributed by atoms with Gasteiger partial charge in [-0.05, 0) is 48.2 Å². The molecule has 21 heavy (non-hydrogen) atoms. The Balaban J connectivity index is 2.16. The van der Waals surface area contributed by atoms with Crippen LogP contribution in [0.4, 0.5) is 0 Å². The van der Waals surface area contributed by atoms with Crippen LogP contribution in [0.5, 0.6) is 0 Å². The number of aryl methyl sites for hydroxylation is 1. The Bertz CT molecular complexity index is 747. The molecular formula is C18H19N3. The summed E-state index contributed by atoms with van der Waals surface area (Å²) in [5.74, 6) is 0. The molecule has 0 spiro atoms. The Kier molecular flexibility index (Phi) is 3.93. The lowest BCUT2D eigenvalue weighted by Gasteiger charge is -2.20. The summed E-state index contributed by atoms with van der Waals surface area (Å²) < 4.78 is 0. The van der Waals surface area contributed by atoms with E-state index < -0.39 is 0 Å². The van der Waals surface area contributed by atoms with E-state index in [9.17, 15) is 0 Å². The molecule has 0 saturated carbocycles. The molecule has 3 heteroatoms. The molecule has 1 unspecified atom stereocenters. The Morgan fingerprint density at radius 1 is 1.14 bits per heavy atom. The number of nitrogens with one attached hydrogen (secondary N) is 1.